The van der Waals surface area contributed by atoms with Gasteiger partial charge < -0.3 is 14.4 Å². The molecule has 0 radical (unpaired) electrons. The average molecular weight is 354 g/mol. The number of hydrogen-bond acceptors (Lipinski definition) is 3. The van der Waals surface area contributed by atoms with Gasteiger partial charge in [-0.2, -0.15) is 0 Å². The Labute approximate surface area is 155 Å². The molecule has 26 heavy (non-hydrogen) atoms. The van der Waals surface area contributed by atoms with E-state index in [2.05, 4.69) is 54.7 Å². The lowest BCUT2D eigenvalue weighted by Gasteiger charge is -2.16. The Morgan fingerprint density at radius 2 is 1.73 bits per heavy atom. The van der Waals surface area contributed by atoms with E-state index in [9.17, 15) is 0 Å². The molecule has 1 heterocycles. The molecule has 0 saturated carbocycles. The zero-order valence-electron chi connectivity index (χ0n) is 16.3. The van der Waals surface area contributed by atoms with E-state index >= 15 is 0 Å². The highest BCUT2D eigenvalue weighted by atomic mass is 16.5. The quantitative estimate of drug-likeness (QED) is 0.708. The maximum atomic E-state index is 5.39. The number of fused-ring (bicyclic) bond motifs is 1. The van der Waals surface area contributed by atoms with Crippen LogP contribution < -0.4 is 14.4 Å². The van der Waals surface area contributed by atoms with Gasteiger partial charge in [0.25, 0.3) is 0 Å². The van der Waals surface area contributed by atoms with Crippen molar-refractivity contribution in [2.75, 3.05) is 27.8 Å². The van der Waals surface area contributed by atoms with Crippen LogP contribution in [0.2, 0.25) is 0 Å². The molecule has 5 heteroatoms. The van der Waals surface area contributed by atoms with Gasteiger partial charge in [0.1, 0.15) is 6.33 Å². The number of aryl methyl sites for hydroxylation is 2. The first-order chi connectivity index (χ1) is 12.5. The molecule has 0 amide bonds. The Hall–Kier alpha value is -2.53. The summed E-state index contributed by atoms with van der Waals surface area (Å²) in [6.07, 6.45) is 2.93. The molecule has 0 spiro atoms. The summed E-state index contributed by atoms with van der Waals surface area (Å²) in [6.45, 7) is 6.21. The second kappa shape index (κ2) is 7.79. The van der Waals surface area contributed by atoms with Crippen LogP contribution in [0.5, 0.6) is 11.5 Å². The molecular weight excluding hydrogens is 326 g/mol. The van der Waals surface area contributed by atoms with Crippen LogP contribution in [-0.4, -0.2) is 37.4 Å². The number of rotatable bonds is 7. The lowest BCUT2D eigenvalue weighted by atomic mass is 10.1. The minimum Gasteiger partial charge on any atom is -0.493 e. The number of nitrogens with zero attached hydrogens (tertiary/aromatic N) is 2. The fourth-order valence-corrected chi connectivity index (χ4v) is 3.20. The third-order valence-electron chi connectivity index (χ3n) is 4.97. The van der Waals surface area contributed by atoms with E-state index in [1.54, 1.807) is 14.2 Å². The topological polar surface area (TPSA) is 40.7 Å². The zero-order valence-corrected chi connectivity index (χ0v) is 16.3. The normalized spacial score (nSPS) is 12.3. The molecule has 138 valence electrons. The van der Waals surface area contributed by atoms with Crippen LogP contribution >= 0.6 is 0 Å². The molecule has 3 aromatic rings. The molecular formula is C21H28N3O2+. The standard InChI is InChI=1S/C21H27N3O2/c1-15-10-18-19(11-16(15)2)24(13-22-18)14-23(3)9-8-17-6-7-20(25-4)21(12-17)26-5/h6-7,10-13H,8-9,14H2,1-5H3/p+1. The van der Waals surface area contributed by atoms with Crippen molar-refractivity contribution >= 4 is 11.0 Å². The highest BCUT2D eigenvalue weighted by Gasteiger charge is 2.10. The minimum absolute atomic E-state index is 0.771. The molecule has 0 aliphatic heterocycles. The largest absolute Gasteiger partial charge is 0.493 e. The lowest BCUT2D eigenvalue weighted by molar-refractivity contribution is -0.902. The SMILES string of the molecule is COc1ccc(CC[NH+](C)Cn2cnc3cc(C)c(C)cc32)cc1OC. The predicted molar refractivity (Wildman–Crippen MR) is 104 cm³/mol. The second-order valence-electron chi connectivity index (χ2n) is 6.94. The fraction of sp³-hybridized carbons (Fsp3) is 0.381. The lowest BCUT2D eigenvalue weighted by Crippen LogP contribution is -3.08. The Morgan fingerprint density at radius 3 is 2.46 bits per heavy atom. The van der Waals surface area contributed by atoms with E-state index in [-0.39, 0.29) is 0 Å². The first kappa shape index (κ1) is 18.3. The summed E-state index contributed by atoms with van der Waals surface area (Å²) >= 11 is 0. The molecule has 1 unspecified atom stereocenters. The van der Waals surface area contributed by atoms with Gasteiger partial charge in [-0.15, -0.1) is 0 Å². The van der Waals surface area contributed by atoms with Crippen molar-refractivity contribution in [2.45, 2.75) is 26.9 Å². The van der Waals surface area contributed by atoms with Crippen molar-refractivity contribution < 1.29 is 14.4 Å². The number of imidazole rings is 1. The Bertz CT molecular complexity index is 902. The Kier molecular flexibility index (Phi) is 5.47. The van der Waals surface area contributed by atoms with Gasteiger partial charge in [0, 0.05) is 6.42 Å². The van der Waals surface area contributed by atoms with Crippen molar-refractivity contribution in [3.8, 4) is 11.5 Å². The van der Waals surface area contributed by atoms with Gasteiger partial charge in [0.2, 0.25) is 0 Å². The van der Waals surface area contributed by atoms with Gasteiger partial charge >= 0.3 is 0 Å². The highest BCUT2D eigenvalue weighted by molar-refractivity contribution is 5.77. The molecule has 1 N–H and O–H groups in total. The van der Waals surface area contributed by atoms with E-state index in [0.717, 1.165) is 36.6 Å². The number of nitrogens with one attached hydrogen (secondary N) is 1. The van der Waals surface area contributed by atoms with Gasteiger partial charge in [0.15, 0.2) is 18.2 Å². The summed E-state index contributed by atoms with van der Waals surface area (Å²) in [7, 11) is 5.55. The number of likely N-dealkylation sites (N-methyl/N-ethyl adjacent to an activating group) is 1. The number of ether oxygens (including phenoxy) is 2. The molecule has 2 aromatic carbocycles. The van der Waals surface area contributed by atoms with Crippen molar-refractivity contribution in [3.05, 3.63) is 53.3 Å². The monoisotopic (exact) mass is 354 g/mol. The molecule has 1 atom stereocenters. The van der Waals surface area contributed by atoms with Crippen LogP contribution in [0, 0.1) is 13.8 Å². The van der Waals surface area contributed by atoms with E-state index in [0.29, 0.717) is 0 Å². The first-order valence-electron chi connectivity index (χ1n) is 8.96. The summed E-state index contributed by atoms with van der Waals surface area (Å²) in [5.41, 5.74) is 6.13. The van der Waals surface area contributed by atoms with E-state index in [1.165, 1.54) is 27.1 Å². The van der Waals surface area contributed by atoms with Crippen LogP contribution in [0.4, 0.5) is 0 Å². The summed E-state index contributed by atoms with van der Waals surface area (Å²) in [4.78, 5) is 5.98. The van der Waals surface area contributed by atoms with Crippen molar-refractivity contribution in [3.63, 3.8) is 0 Å². The maximum absolute atomic E-state index is 5.39. The summed E-state index contributed by atoms with van der Waals surface area (Å²) < 4.78 is 12.9. The van der Waals surface area contributed by atoms with E-state index < -0.39 is 0 Å². The second-order valence-corrected chi connectivity index (χ2v) is 6.94. The molecule has 0 aliphatic carbocycles. The van der Waals surface area contributed by atoms with Crippen molar-refractivity contribution in [1.29, 1.82) is 0 Å². The number of hydrogen-bond donors (Lipinski definition) is 1. The van der Waals surface area contributed by atoms with Gasteiger partial charge in [-0.05, 0) is 54.8 Å². The van der Waals surface area contributed by atoms with Crippen LogP contribution in [0.25, 0.3) is 11.0 Å². The third-order valence-corrected chi connectivity index (χ3v) is 4.97. The molecule has 3 rings (SSSR count). The Balaban J connectivity index is 1.66. The zero-order chi connectivity index (χ0) is 18.7. The number of methoxy groups -OCH3 is 2. The molecule has 0 saturated heterocycles. The van der Waals surface area contributed by atoms with Gasteiger partial charge in [-0.3, -0.25) is 4.57 Å². The minimum atomic E-state index is 0.771. The first-order valence-corrected chi connectivity index (χ1v) is 8.96. The van der Waals surface area contributed by atoms with Crippen molar-refractivity contribution in [1.82, 2.24) is 9.55 Å². The third kappa shape index (κ3) is 3.83. The molecule has 0 bridgehead atoms. The Morgan fingerprint density at radius 1 is 1.00 bits per heavy atom. The summed E-state index contributed by atoms with van der Waals surface area (Å²) in [5.74, 6) is 1.56. The number of quaternary nitrogens is 1. The smallest absolute Gasteiger partial charge is 0.160 e. The molecule has 0 fully saturated rings. The van der Waals surface area contributed by atoms with E-state index in [1.807, 2.05) is 12.4 Å². The summed E-state index contributed by atoms with van der Waals surface area (Å²) in [6, 6.07) is 10.5. The van der Waals surface area contributed by atoms with Crippen LogP contribution in [0.3, 0.4) is 0 Å². The van der Waals surface area contributed by atoms with Crippen LogP contribution in [0.15, 0.2) is 36.7 Å². The van der Waals surface area contributed by atoms with Gasteiger partial charge in [-0.1, -0.05) is 6.07 Å². The van der Waals surface area contributed by atoms with Crippen LogP contribution in [-0.2, 0) is 13.1 Å². The molecule has 1 aromatic heterocycles. The van der Waals surface area contributed by atoms with Crippen LogP contribution in [0.1, 0.15) is 16.7 Å². The fourth-order valence-electron chi connectivity index (χ4n) is 3.20. The van der Waals surface area contributed by atoms with Gasteiger partial charge in [0.05, 0.1) is 38.8 Å². The average Bonchev–Trinajstić information content (AvgIpc) is 3.01. The van der Waals surface area contributed by atoms with Gasteiger partial charge in [-0.25, -0.2) is 4.98 Å². The highest BCUT2D eigenvalue weighted by Crippen LogP contribution is 2.27. The number of benzene rings is 2. The van der Waals surface area contributed by atoms with Crippen molar-refractivity contribution in [2.24, 2.45) is 0 Å². The predicted octanol–water partition coefficient (Wildman–Crippen LogP) is 2.39. The maximum Gasteiger partial charge on any atom is 0.160 e. The van der Waals surface area contributed by atoms with E-state index in [4.69, 9.17) is 9.47 Å². The molecule has 5 nitrogen and oxygen atoms in total. The molecule has 0 aliphatic rings. The summed E-state index contributed by atoms with van der Waals surface area (Å²) in [5, 5.41) is 0. The number of aromatic nitrogens is 2.